The molecular weight excluding hydrogens is 296 g/mol. The molecule has 122 valence electrons. The van der Waals surface area contributed by atoms with Crippen LogP contribution in [0.1, 0.15) is 25.7 Å². The molecule has 2 aromatic carbocycles. The van der Waals surface area contributed by atoms with E-state index in [0.29, 0.717) is 6.04 Å². The van der Waals surface area contributed by atoms with Crippen LogP contribution in [-0.2, 0) is 0 Å². The van der Waals surface area contributed by atoms with Crippen LogP contribution in [0.3, 0.4) is 0 Å². The molecule has 3 heteroatoms. The maximum Gasteiger partial charge on any atom is 0.120 e. The van der Waals surface area contributed by atoms with Gasteiger partial charge in [0.2, 0.25) is 0 Å². The fraction of sp³-hybridized carbons (Fsp3) is 0.286. The molecule has 1 fully saturated rings. The van der Waals surface area contributed by atoms with Crippen LogP contribution in [0.25, 0.3) is 21.9 Å². The van der Waals surface area contributed by atoms with Gasteiger partial charge in [0.1, 0.15) is 5.75 Å². The van der Waals surface area contributed by atoms with Gasteiger partial charge in [-0.25, -0.2) is 0 Å². The van der Waals surface area contributed by atoms with E-state index in [-0.39, 0.29) is 6.10 Å². The Morgan fingerprint density at radius 3 is 2.50 bits per heavy atom. The van der Waals surface area contributed by atoms with E-state index in [1.807, 2.05) is 24.5 Å². The number of hydrogen-bond acceptors (Lipinski definition) is 3. The Kier molecular flexibility index (Phi) is 4.18. The van der Waals surface area contributed by atoms with Gasteiger partial charge in [0, 0.05) is 29.4 Å². The van der Waals surface area contributed by atoms with Crippen molar-refractivity contribution < 1.29 is 4.74 Å². The molecular formula is C21H22N2O. The summed E-state index contributed by atoms with van der Waals surface area (Å²) in [5.41, 5.74) is 8.31. The second-order valence-corrected chi connectivity index (χ2v) is 6.59. The monoisotopic (exact) mass is 318 g/mol. The standard InChI is InChI=1S/C21H22N2O/c22-17-7-10-18(11-8-17)24-19-9-6-16-13-23-14-21(20(16)12-19)15-4-2-1-3-5-15/h1-6,9,12-14,17-18H,7-8,10-11,22H2/t17-,18-. The van der Waals surface area contributed by atoms with Crippen LogP contribution >= 0.6 is 0 Å². The van der Waals surface area contributed by atoms with Crippen molar-refractivity contribution in [2.75, 3.05) is 0 Å². The van der Waals surface area contributed by atoms with Gasteiger partial charge in [-0.3, -0.25) is 4.98 Å². The quantitative estimate of drug-likeness (QED) is 0.770. The highest BCUT2D eigenvalue weighted by atomic mass is 16.5. The molecule has 0 radical (unpaired) electrons. The second kappa shape index (κ2) is 6.62. The number of nitrogens with zero attached hydrogens (tertiary/aromatic N) is 1. The van der Waals surface area contributed by atoms with E-state index in [1.165, 1.54) is 10.9 Å². The molecule has 4 rings (SSSR count). The Balaban J connectivity index is 1.67. The number of ether oxygens (including phenoxy) is 1. The number of pyridine rings is 1. The number of nitrogens with two attached hydrogens (primary N) is 1. The van der Waals surface area contributed by atoms with Gasteiger partial charge in [0.05, 0.1) is 6.10 Å². The molecule has 1 heterocycles. The van der Waals surface area contributed by atoms with Crippen molar-refractivity contribution in [2.45, 2.75) is 37.8 Å². The molecule has 3 aromatic rings. The van der Waals surface area contributed by atoms with Crippen LogP contribution in [0.15, 0.2) is 60.9 Å². The minimum atomic E-state index is 0.282. The van der Waals surface area contributed by atoms with Gasteiger partial charge in [-0.1, -0.05) is 30.3 Å². The highest BCUT2D eigenvalue weighted by Crippen LogP contribution is 2.31. The topological polar surface area (TPSA) is 48.1 Å². The fourth-order valence-electron chi connectivity index (χ4n) is 3.46. The van der Waals surface area contributed by atoms with Crippen molar-refractivity contribution >= 4 is 10.8 Å². The lowest BCUT2D eigenvalue weighted by Gasteiger charge is -2.27. The average molecular weight is 318 g/mol. The highest BCUT2D eigenvalue weighted by molar-refractivity contribution is 5.96. The summed E-state index contributed by atoms with van der Waals surface area (Å²) in [5, 5.41) is 2.32. The van der Waals surface area contributed by atoms with Crippen LogP contribution in [0, 0.1) is 0 Å². The van der Waals surface area contributed by atoms with E-state index in [1.54, 1.807) is 0 Å². The minimum Gasteiger partial charge on any atom is -0.490 e. The first kappa shape index (κ1) is 15.2. The van der Waals surface area contributed by atoms with E-state index in [0.717, 1.165) is 42.4 Å². The van der Waals surface area contributed by atoms with Crippen molar-refractivity contribution in [2.24, 2.45) is 5.73 Å². The third kappa shape index (κ3) is 3.13. The molecule has 0 saturated heterocycles. The van der Waals surface area contributed by atoms with Gasteiger partial charge >= 0.3 is 0 Å². The molecule has 0 aliphatic heterocycles. The predicted octanol–water partition coefficient (Wildman–Crippen LogP) is 4.55. The Hall–Kier alpha value is -2.39. The second-order valence-electron chi connectivity index (χ2n) is 6.59. The van der Waals surface area contributed by atoms with Crippen LogP contribution in [0.4, 0.5) is 0 Å². The summed E-state index contributed by atoms with van der Waals surface area (Å²) >= 11 is 0. The molecule has 24 heavy (non-hydrogen) atoms. The maximum absolute atomic E-state index is 6.23. The zero-order valence-corrected chi connectivity index (χ0v) is 13.7. The van der Waals surface area contributed by atoms with Crippen molar-refractivity contribution in [1.82, 2.24) is 4.98 Å². The van der Waals surface area contributed by atoms with E-state index in [4.69, 9.17) is 10.5 Å². The van der Waals surface area contributed by atoms with Crippen LogP contribution in [-0.4, -0.2) is 17.1 Å². The normalized spacial score (nSPS) is 20.9. The number of fused-ring (bicyclic) bond motifs is 1. The summed E-state index contributed by atoms with van der Waals surface area (Å²) in [6.07, 6.45) is 8.31. The minimum absolute atomic E-state index is 0.282. The summed E-state index contributed by atoms with van der Waals surface area (Å²) in [7, 11) is 0. The molecule has 1 saturated carbocycles. The first-order valence-electron chi connectivity index (χ1n) is 8.65. The molecule has 0 bridgehead atoms. The number of hydrogen-bond donors (Lipinski definition) is 1. The van der Waals surface area contributed by atoms with E-state index < -0.39 is 0 Å². The van der Waals surface area contributed by atoms with Crippen molar-refractivity contribution in [1.29, 1.82) is 0 Å². The van der Waals surface area contributed by atoms with E-state index >= 15 is 0 Å². The Labute approximate surface area is 142 Å². The summed E-state index contributed by atoms with van der Waals surface area (Å²) in [5.74, 6) is 0.936. The highest BCUT2D eigenvalue weighted by Gasteiger charge is 2.20. The fourth-order valence-corrected chi connectivity index (χ4v) is 3.46. The zero-order chi connectivity index (χ0) is 16.4. The van der Waals surface area contributed by atoms with Gasteiger partial charge < -0.3 is 10.5 Å². The van der Waals surface area contributed by atoms with Gasteiger partial charge in [0.25, 0.3) is 0 Å². The van der Waals surface area contributed by atoms with Gasteiger partial charge in [-0.2, -0.15) is 0 Å². The van der Waals surface area contributed by atoms with Crippen molar-refractivity contribution in [3.63, 3.8) is 0 Å². The molecule has 1 aliphatic carbocycles. The summed E-state index contributed by atoms with van der Waals surface area (Å²) < 4.78 is 6.23. The Morgan fingerprint density at radius 2 is 1.71 bits per heavy atom. The molecule has 2 N–H and O–H groups in total. The lowest BCUT2D eigenvalue weighted by atomic mass is 9.93. The van der Waals surface area contributed by atoms with Gasteiger partial charge in [-0.15, -0.1) is 0 Å². The van der Waals surface area contributed by atoms with Crippen LogP contribution < -0.4 is 10.5 Å². The molecule has 1 aromatic heterocycles. The third-order valence-electron chi connectivity index (χ3n) is 4.84. The van der Waals surface area contributed by atoms with E-state index in [2.05, 4.69) is 41.4 Å². The number of rotatable bonds is 3. The van der Waals surface area contributed by atoms with Gasteiger partial charge in [0.15, 0.2) is 0 Å². The third-order valence-corrected chi connectivity index (χ3v) is 4.84. The molecule has 3 nitrogen and oxygen atoms in total. The van der Waals surface area contributed by atoms with Crippen molar-refractivity contribution in [3.05, 3.63) is 60.9 Å². The molecule has 0 unspecified atom stereocenters. The van der Waals surface area contributed by atoms with E-state index in [9.17, 15) is 0 Å². The SMILES string of the molecule is N[C@H]1CC[C@H](Oc2ccc3cncc(-c4ccccc4)c3c2)CC1. The molecule has 0 amide bonds. The lowest BCUT2D eigenvalue weighted by molar-refractivity contribution is 0.147. The smallest absolute Gasteiger partial charge is 0.120 e. The molecule has 1 aliphatic rings. The largest absolute Gasteiger partial charge is 0.490 e. The Bertz CT molecular complexity index is 824. The zero-order valence-electron chi connectivity index (χ0n) is 13.7. The maximum atomic E-state index is 6.23. The Morgan fingerprint density at radius 1 is 0.917 bits per heavy atom. The van der Waals surface area contributed by atoms with Gasteiger partial charge in [-0.05, 0) is 54.8 Å². The average Bonchev–Trinajstić information content (AvgIpc) is 2.64. The predicted molar refractivity (Wildman–Crippen MR) is 98.0 cm³/mol. The number of benzene rings is 2. The number of aromatic nitrogens is 1. The first-order valence-corrected chi connectivity index (χ1v) is 8.65. The summed E-state index contributed by atoms with van der Waals surface area (Å²) in [4.78, 5) is 4.39. The molecule has 0 atom stereocenters. The summed E-state index contributed by atoms with van der Waals surface area (Å²) in [6, 6.07) is 17.0. The lowest BCUT2D eigenvalue weighted by Crippen LogP contribution is -2.31. The van der Waals surface area contributed by atoms with Crippen molar-refractivity contribution in [3.8, 4) is 16.9 Å². The summed E-state index contributed by atoms with van der Waals surface area (Å²) in [6.45, 7) is 0. The molecule has 0 spiro atoms. The van der Waals surface area contributed by atoms with Crippen LogP contribution in [0.2, 0.25) is 0 Å². The van der Waals surface area contributed by atoms with Crippen LogP contribution in [0.5, 0.6) is 5.75 Å². The first-order chi connectivity index (χ1) is 11.8.